The predicted molar refractivity (Wildman–Crippen MR) is 142 cm³/mol. The number of rotatable bonds is 4. The fourth-order valence-electron chi connectivity index (χ4n) is 6.90. The standard InChI is InChI=1S/C29H39ClF2N2O3/c1-19(2)29(37)25(35)9-14-27(18-28(29,31)32)12-7-20(8-13-27)21-10-15-34(16-11-21)22-5-6-23(24(30)17-22)26(36)33(3)4/h5-6,17,20-21,37H,1,7-16,18H2,2-4H3. The molecule has 2 aliphatic carbocycles. The van der Waals surface area contributed by atoms with Gasteiger partial charge in [0.25, 0.3) is 11.8 Å². The maximum atomic E-state index is 15.3. The molecule has 1 aromatic carbocycles. The molecule has 204 valence electrons. The second-order valence-electron chi connectivity index (χ2n) is 11.8. The third-order valence-corrected chi connectivity index (χ3v) is 9.59. The van der Waals surface area contributed by atoms with E-state index in [4.69, 9.17) is 11.6 Å². The monoisotopic (exact) mass is 536 g/mol. The van der Waals surface area contributed by atoms with Crippen LogP contribution in [0.2, 0.25) is 5.02 Å². The highest BCUT2D eigenvalue weighted by molar-refractivity contribution is 6.34. The Labute approximate surface area is 223 Å². The molecule has 1 spiro atoms. The second kappa shape index (κ2) is 10.3. The van der Waals surface area contributed by atoms with Gasteiger partial charge >= 0.3 is 0 Å². The number of hydrogen-bond acceptors (Lipinski definition) is 4. The highest BCUT2D eigenvalue weighted by Gasteiger charge is 2.63. The van der Waals surface area contributed by atoms with Crippen LogP contribution in [0.4, 0.5) is 14.5 Å². The van der Waals surface area contributed by atoms with Crippen molar-refractivity contribution in [2.45, 2.75) is 76.2 Å². The number of amides is 1. The molecule has 5 nitrogen and oxygen atoms in total. The predicted octanol–water partition coefficient (Wildman–Crippen LogP) is 6.13. The van der Waals surface area contributed by atoms with Crippen molar-refractivity contribution < 1.29 is 23.5 Å². The molecule has 3 aliphatic rings. The van der Waals surface area contributed by atoms with Crippen LogP contribution in [0.25, 0.3) is 0 Å². The first-order valence-electron chi connectivity index (χ1n) is 13.4. The molecule has 1 N–H and O–H groups in total. The van der Waals surface area contributed by atoms with Gasteiger partial charge in [0.2, 0.25) is 5.60 Å². The molecular weight excluding hydrogens is 498 g/mol. The van der Waals surface area contributed by atoms with Crippen molar-refractivity contribution in [1.82, 2.24) is 4.90 Å². The van der Waals surface area contributed by atoms with Gasteiger partial charge < -0.3 is 14.9 Å². The van der Waals surface area contributed by atoms with Crippen LogP contribution in [-0.2, 0) is 4.79 Å². The molecule has 1 amide bonds. The van der Waals surface area contributed by atoms with Gasteiger partial charge in [-0.3, -0.25) is 9.59 Å². The van der Waals surface area contributed by atoms with Gasteiger partial charge in [0.15, 0.2) is 5.78 Å². The Hall–Kier alpha value is -1.99. The molecule has 1 saturated heterocycles. The van der Waals surface area contributed by atoms with Crippen molar-refractivity contribution in [2.24, 2.45) is 17.3 Å². The van der Waals surface area contributed by atoms with Gasteiger partial charge in [0, 0.05) is 45.7 Å². The van der Waals surface area contributed by atoms with Crippen LogP contribution in [0.1, 0.15) is 75.1 Å². The molecule has 8 heteroatoms. The van der Waals surface area contributed by atoms with E-state index >= 15 is 8.78 Å². The van der Waals surface area contributed by atoms with Gasteiger partial charge in [0.05, 0.1) is 10.6 Å². The summed E-state index contributed by atoms with van der Waals surface area (Å²) in [6, 6.07) is 5.60. The fraction of sp³-hybridized carbons (Fsp3) is 0.655. The lowest BCUT2D eigenvalue weighted by atomic mass is 9.62. The quantitative estimate of drug-likeness (QED) is 0.470. The molecular formula is C29H39ClF2N2O3. The number of carbonyl (C=O) groups is 2. The first-order valence-corrected chi connectivity index (χ1v) is 13.7. The summed E-state index contributed by atoms with van der Waals surface area (Å²) >= 11 is 6.42. The molecule has 0 aromatic heterocycles. The molecule has 1 atom stereocenters. The molecule has 3 fully saturated rings. The Morgan fingerprint density at radius 1 is 1.11 bits per heavy atom. The van der Waals surface area contributed by atoms with E-state index in [2.05, 4.69) is 11.5 Å². The maximum Gasteiger partial charge on any atom is 0.287 e. The summed E-state index contributed by atoms with van der Waals surface area (Å²) in [6.45, 7) is 6.62. The van der Waals surface area contributed by atoms with Gasteiger partial charge in [0.1, 0.15) is 0 Å². The number of piperidine rings is 1. The zero-order chi connectivity index (χ0) is 27.2. The highest BCUT2D eigenvalue weighted by Crippen LogP contribution is 2.56. The largest absolute Gasteiger partial charge is 0.372 e. The number of alkyl halides is 2. The topological polar surface area (TPSA) is 60.9 Å². The zero-order valence-corrected chi connectivity index (χ0v) is 22.9. The number of Topliss-reactive ketones (excluding diaryl/α,β-unsaturated/α-hetero) is 1. The molecule has 2 saturated carbocycles. The van der Waals surface area contributed by atoms with Crippen molar-refractivity contribution >= 4 is 29.0 Å². The van der Waals surface area contributed by atoms with Crippen LogP contribution in [0, 0.1) is 17.3 Å². The lowest BCUT2D eigenvalue weighted by Crippen LogP contribution is -2.55. The van der Waals surface area contributed by atoms with Crippen molar-refractivity contribution in [1.29, 1.82) is 0 Å². The van der Waals surface area contributed by atoms with Crippen LogP contribution in [-0.4, -0.2) is 60.4 Å². The summed E-state index contributed by atoms with van der Waals surface area (Å²) in [5.41, 5.74) is -2.01. The van der Waals surface area contributed by atoms with Crippen LogP contribution in [0.15, 0.2) is 30.4 Å². The number of benzene rings is 1. The number of hydrogen-bond donors (Lipinski definition) is 1. The van der Waals surface area contributed by atoms with E-state index in [1.807, 2.05) is 12.1 Å². The van der Waals surface area contributed by atoms with Gasteiger partial charge in [-0.15, -0.1) is 0 Å². The summed E-state index contributed by atoms with van der Waals surface area (Å²) in [4.78, 5) is 28.6. The van der Waals surface area contributed by atoms with Crippen molar-refractivity contribution in [2.75, 3.05) is 32.1 Å². The molecule has 1 unspecified atom stereocenters. The number of aliphatic hydroxyl groups is 1. The lowest BCUT2D eigenvalue weighted by Gasteiger charge is -2.45. The normalized spacial score (nSPS) is 30.7. The van der Waals surface area contributed by atoms with E-state index in [0.717, 1.165) is 44.5 Å². The minimum absolute atomic E-state index is 0.0243. The van der Waals surface area contributed by atoms with Crippen molar-refractivity contribution in [3.8, 4) is 0 Å². The molecule has 0 radical (unpaired) electrons. The number of halogens is 3. The Morgan fingerprint density at radius 3 is 2.24 bits per heavy atom. The van der Waals surface area contributed by atoms with Gasteiger partial charge in [-0.2, -0.15) is 0 Å². The SMILES string of the molecule is C=C(C)C1(O)C(=O)CCC2(CCC(C3CCN(c4ccc(C(=O)N(C)C)c(Cl)c4)CC3)CC2)CC1(F)F. The molecule has 4 rings (SSSR count). The average molecular weight is 537 g/mol. The van der Waals surface area contributed by atoms with Gasteiger partial charge in [-0.1, -0.05) is 18.2 Å². The summed E-state index contributed by atoms with van der Waals surface area (Å²) < 4.78 is 30.5. The number of anilines is 1. The Kier molecular flexibility index (Phi) is 7.80. The van der Waals surface area contributed by atoms with Crippen LogP contribution >= 0.6 is 11.6 Å². The van der Waals surface area contributed by atoms with Gasteiger partial charge in [-0.05, 0) is 92.9 Å². The summed E-state index contributed by atoms with van der Waals surface area (Å²) in [5.74, 6) is -3.39. The number of carbonyl (C=O) groups excluding carboxylic acids is 2. The van der Waals surface area contributed by atoms with E-state index in [1.54, 1.807) is 20.2 Å². The van der Waals surface area contributed by atoms with Gasteiger partial charge in [-0.25, -0.2) is 8.78 Å². The molecule has 1 aromatic rings. The Balaban J connectivity index is 1.35. The first kappa shape index (κ1) is 28.0. The number of nitrogens with zero attached hydrogens (tertiary/aromatic N) is 2. The average Bonchev–Trinajstić information content (AvgIpc) is 2.93. The van der Waals surface area contributed by atoms with E-state index in [1.165, 1.54) is 11.8 Å². The van der Waals surface area contributed by atoms with E-state index < -0.39 is 29.1 Å². The summed E-state index contributed by atoms with van der Waals surface area (Å²) in [7, 11) is 3.40. The zero-order valence-electron chi connectivity index (χ0n) is 22.2. The third-order valence-electron chi connectivity index (χ3n) is 9.28. The third kappa shape index (κ3) is 5.18. The lowest BCUT2D eigenvalue weighted by molar-refractivity contribution is -0.184. The minimum atomic E-state index is -3.50. The smallest absolute Gasteiger partial charge is 0.287 e. The van der Waals surface area contributed by atoms with E-state index in [9.17, 15) is 14.7 Å². The molecule has 1 aliphatic heterocycles. The highest BCUT2D eigenvalue weighted by atomic mass is 35.5. The molecule has 0 bridgehead atoms. The summed E-state index contributed by atoms with van der Waals surface area (Å²) in [5, 5.41) is 11.1. The van der Waals surface area contributed by atoms with E-state index in [-0.39, 0.29) is 17.9 Å². The minimum Gasteiger partial charge on any atom is -0.372 e. The number of ketones is 1. The van der Waals surface area contributed by atoms with Crippen LogP contribution < -0.4 is 4.90 Å². The first-order chi connectivity index (χ1) is 17.3. The van der Waals surface area contributed by atoms with Crippen LogP contribution in [0.5, 0.6) is 0 Å². The maximum absolute atomic E-state index is 15.3. The molecule has 37 heavy (non-hydrogen) atoms. The van der Waals surface area contributed by atoms with Crippen molar-refractivity contribution in [3.05, 3.63) is 40.9 Å². The summed E-state index contributed by atoms with van der Waals surface area (Å²) in [6.07, 6.45) is 5.09. The van der Waals surface area contributed by atoms with Crippen molar-refractivity contribution in [3.63, 3.8) is 0 Å². The Bertz CT molecular complexity index is 1060. The van der Waals surface area contributed by atoms with Crippen LogP contribution in [0.3, 0.4) is 0 Å². The molecule has 1 heterocycles. The second-order valence-corrected chi connectivity index (χ2v) is 12.2. The van der Waals surface area contributed by atoms with E-state index in [0.29, 0.717) is 41.7 Å². The fourth-order valence-corrected chi connectivity index (χ4v) is 7.15. The Morgan fingerprint density at radius 2 is 1.70 bits per heavy atom.